The molecule has 0 atom stereocenters. The van der Waals surface area contributed by atoms with Crippen molar-refractivity contribution in [2.75, 3.05) is 5.75 Å². The molecule has 0 aliphatic carbocycles. The van der Waals surface area contributed by atoms with Gasteiger partial charge in [0, 0.05) is 7.05 Å². The maximum absolute atomic E-state index is 12.3. The molecule has 1 aromatic carbocycles. The summed E-state index contributed by atoms with van der Waals surface area (Å²) in [7, 11) is 1.60. The molecule has 0 aliphatic heterocycles. The van der Waals surface area contributed by atoms with Gasteiger partial charge in [0.2, 0.25) is 5.91 Å². The Morgan fingerprint density at radius 2 is 2.04 bits per heavy atom. The summed E-state index contributed by atoms with van der Waals surface area (Å²) in [5, 5.41) is 5.65. The van der Waals surface area contributed by atoms with Crippen LogP contribution in [0.15, 0.2) is 57.0 Å². The number of nitrogens with one attached hydrogen (secondary N) is 2. The second-order valence-electron chi connectivity index (χ2n) is 5.37. The van der Waals surface area contributed by atoms with Gasteiger partial charge in [0.25, 0.3) is 5.56 Å². The zero-order chi connectivity index (χ0) is 18.5. The number of amides is 3. The van der Waals surface area contributed by atoms with Crippen molar-refractivity contribution in [2.45, 2.75) is 11.7 Å². The largest absolute Gasteiger partial charge is 0.467 e. The van der Waals surface area contributed by atoms with E-state index in [1.165, 1.54) is 10.8 Å². The van der Waals surface area contributed by atoms with E-state index in [-0.39, 0.29) is 17.9 Å². The third-order valence-electron chi connectivity index (χ3n) is 3.53. The number of para-hydroxylation sites is 1. The number of benzene rings is 1. The number of aromatic nitrogens is 2. The molecule has 3 amide bonds. The summed E-state index contributed by atoms with van der Waals surface area (Å²) in [6.45, 7) is 0.181. The molecule has 9 heteroatoms. The quantitative estimate of drug-likeness (QED) is 0.521. The Morgan fingerprint density at radius 3 is 2.81 bits per heavy atom. The Morgan fingerprint density at radius 1 is 1.23 bits per heavy atom. The molecule has 0 saturated heterocycles. The average Bonchev–Trinajstić information content (AvgIpc) is 3.15. The summed E-state index contributed by atoms with van der Waals surface area (Å²) in [6.07, 6.45) is 1.50. The first kappa shape index (κ1) is 17.7. The number of rotatable bonds is 5. The Labute approximate surface area is 152 Å². The highest BCUT2D eigenvalue weighted by Gasteiger charge is 2.12. The summed E-state index contributed by atoms with van der Waals surface area (Å²) in [5.41, 5.74) is 0.379. The van der Waals surface area contributed by atoms with Gasteiger partial charge in [0.1, 0.15) is 5.76 Å². The predicted octanol–water partition coefficient (Wildman–Crippen LogP) is 1.64. The third-order valence-corrected chi connectivity index (χ3v) is 4.56. The number of nitrogens with zero attached hydrogens (tertiary/aromatic N) is 2. The molecule has 134 valence electrons. The van der Waals surface area contributed by atoms with Crippen LogP contribution in [0.3, 0.4) is 0 Å². The minimum Gasteiger partial charge on any atom is -0.467 e. The third kappa shape index (κ3) is 4.12. The fourth-order valence-electron chi connectivity index (χ4n) is 2.24. The lowest BCUT2D eigenvalue weighted by Crippen LogP contribution is -2.40. The summed E-state index contributed by atoms with van der Waals surface area (Å²) >= 11 is 1.08. The van der Waals surface area contributed by atoms with Crippen LogP contribution in [0, 0.1) is 0 Å². The molecule has 2 aromatic heterocycles. The van der Waals surface area contributed by atoms with Gasteiger partial charge in [-0.3, -0.25) is 19.5 Å². The molecule has 0 radical (unpaired) electrons. The predicted molar refractivity (Wildman–Crippen MR) is 96.8 cm³/mol. The van der Waals surface area contributed by atoms with E-state index in [4.69, 9.17) is 4.42 Å². The number of carbonyl (C=O) groups is 2. The monoisotopic (exact) mass is 372 g/mol. The number of imide groups is 1. The molecule has 0 fully saturated rings. The van der Waals surface area contributed by atoms with Gasteiger partial charge in [0.15, 0.2) is 5.16 Å². The van der Waals surface area contributed by atoms with E-state index in [0.29, 0.717) is 21.8 Å². The Balaban J connectivity index is 1.57. The summed E-state index contributed by atoms with van der Waals surface area (Å²) < 4.78 is 6.47. The number of furan rings is 1. The smallest absolute Gasteiger partial charge is 0.321 e. The van der Waals surface area contributed by atoms with Crippen LogP contribution in [0.1, 0.15) is 5.76 Å². The fourth-order valence-corrected chi connectivity index (χ4v) is 3.02. The van der Waals surface area contributed by atoms with E-state index in [1.54, 1.807) is 43.4 Å². The Hall–Kier alpha value is -3.07. The van der Waals surface area contributed by atoms with E-state index in [1.807, 2.05) is 0 Å². The fraction of sp³-hybridized carbons (Fsp3) is 0.176. The van der Waals surface area contributed by atoms with Crippen LogP contribution >= 0.6 is 11.8 Å². The van der Waals surface area contributed by atoms with Gasteiger partial charge in [-0.05, 0) is 24.3 Å². The minimum absolute atomic E-state index is 0.0488. The lowest BCUT2D eigenvalue weighted by molar-refractivity contribution is -0.117. The van der Waals surface area contributed by atoms with Gasteiger partial charge in [-0.2, -0.15) is 0 Å². The maximum Gasteiger partial charge on any atom is 0.321 e. The molecule has 0 unspecified atom stereocenters. The van der Waals surface area contributed by atoms with E-state index >= 15 is 0 Å². The first-order valence-corrected chi connectivity index (χ1v) is 8.72. The van der Waals surface area contributed by atoms with Crippen molar-refractivity contribution >= 4 is 34.6 Å². The summed E-state index contributed by atoms with van der Waals surface area (Å²) in [4.78, 5) is 40.3. The number of thioether (sulfide) groups is 1. The van der Waals surface area contributed by atoms with E-state index in [0.717, 1.165) is 11.8 Å². The van der Waals surface area contributed by atoms with Crippen LogP contribution in [-0.2, 0) is 18.4 Å². The maximum atomic E-state index is 12.3. The van der Waals surface area contributed by atoms with Crippen molar-refractivity contribution in [3.8, 4) is 0 Å². The second-order valence-corrected chi connectivity index (χ2v) is 6.32. The van der Waals surface area contributed by atoms with Crippen LogP contribution < -0.4 is 16.2 Å². The van der Waals surface area contributed by atoms with Crippen molar-refractivity contribution in [3.63, 3.8) is 0 Å². The van der Waals surface area contributed by atoms with Crippen molar-refractivity contribution in [1.82, 2.24) is 20.2 Å². The normalized spacial score (nSPS) is 10.7. The lowest BCUT2D eigenvalue weighted by atomic mass is 10.2. The molecule has 2 heterocycles. The molecule has 0 bridgehead atoms. The van der Waals surface area contributed by atoms with Gasteiger partial charge in [-0.25, -0.2) is 9.78 Å². The molecule has 8 nitrogen and oxygen atoms in total. The molecule has 0 spiro atoms. The number of carbonyl (C=O) groups excluding carboxylic acids is 2. The highest BCUT2D eigenvalue weighted by molar-refractivity contribution is 7.99. The average molecular weight is 372 g/mol. The van der Waals surface area contributed by atoms with E-state index < -0.39 is 11.9 Å². The molecule has 26 heavy (non-hydrogen) atoms. The van der Waals surface area contributed by atoms with E-state index in [2.05, 4.69) is 15.6 Å². The highest BCUT2D eigenvalue weighted by atomic mass is 32.2. The minimum atomic E-state index is -0.618. The van der Waals surface area contributed by atoms with Crippen molar-refractivity contribution in [2.24, 2.45) is 7.05 Å². The summed E-state index contributed by atoms with van der Waals surface area (Å²) in [6, 6.07) is 9.80. The Bertz CT molecular complexity index is 998. The van der Waals surface area contributed by atoms with Crippen molar-refractivity contribution < 1.29 is 14.0 Å². The molecular weight excluding hydrogens is 356 g/mol. The molecule has 3 aromatic rings. The number of hydrogen-bond acceptors (Lipinski definition) is 6. The highest BCUT2D eigenvalue weighted by Crippen LogP contribution is 2.16. The first-order valence-electron chi connectivity index (χ1n) is 7.73. The second kappa shape index (κ2) is 7.87. The van der Waals surface area contributed by atoms with Gasteiger partial charge < -0.3 is 9.73 Å². The first-order chi connectivity index (χ1) is 12.5. The van der Waals surface area contributed by atoms with Crippen molar-refractivity contribution in [3.05, 3.63) is 58.8 Å². The van der Waals surface area contributed by atoms with E-state index in [9.17, 15) is 14.4 Å². The van der Waals surface area contributed by atoms with Crippen LogP contribution in [0.4, 0.5) is 4.79 Å². The van der Waals surface area contributed by atoms with Crippen LogP contribution in [0.25, 0.3) is 10.9 Å². The SMILES string of the molecule is Cn1c(SCC(=O)NC(=O)NCc2ccco2)nc2ccccc2c1=O. The lowest BCUT2D eigenvalue weighted by Gasteiger charge is -2.09. The molecule has 0 saturated carbocycles. The molecule has 3 rings (SSSR count). The standard InChI is InChI=1S/C17H16N4O4S/c1-21-15(23)12-6-2-3-7-13(12)19-17(21)26-10-14(22)20-16(24)18-9-11-5-4-8-25-11/h2-8H,9-10H2,1H3,(H2,18,20,22,24). The number of urea groups is 1. The van der Waals surface area contributed by atoms with Crippen molar-refractivity contribution in [1.29, 1.82) is 0 Å². The number of fused-ring (bicyclic) bond motifs is 1. The van der Waals surface area contributed by atoms with Crippen LogP contribution in [0.2, 0.25) is 0 Å². The van der Waals surface area contributed by atoms with Gasteiger partial charge in [0.05, 0.1) is 29.5 Å². The van der Waals surface area contributed by atoms with Crippen LogP contribution in [-0.4, -0.2) is 27.2 Å². The zero-order valence-electron chi connectivity index (χ0n) is 13.9. The zero-order valence-corrected chi connectivity index (χ0v) is 14.7. The van der Waals surface area contributed by atoms with Gasteiger partial charge in [-0.1, -0.05) is 23.9 Å². The topological polar surface area (TPSA) is 106 Å². The molecule has 0 aliphatic rings. The van der Waals surface area contributed by atoms with Crippen LogP contribution in [0.5, 0.6) is 0 Å². The Kier molecular flexibility index (Phi) is 5.37. The van der Waals surface area contributed by atoms with Gasteiger partial charge in [-0.15, -0.1) is 0 Å². The molecule has 2 N–H and O–H groups in total. The molecular formula is C17H16N4O4S. The van der Waals surface area contributed by atoms with Gasteiger partial charge >= 0.3 is 6.03 Å². The summed E-state index contributed by atoms with van der Waals surface area (Å²) in [5.74, 6) is 0.0407. The number of hydrogen-bond donors (Lipinski definition) is 2.